The summed E-state index contributed by atoms with van der Waals surface area (Å²) < 4.78 is 0. The lowest BCUT2D eigenvalue weighted by molar-refractivity contribution is 0.350. The van der Waals surface area contributed by atoms with E-state index in [2.05, 4.69) is 25.9 Å². The van der Waals surface area contributed by atoms with E-state index in [9.17, 15) is 4.91 Å². The largest absolute Gasteiger partial charge is 0.150 e. The monoisotopic (exact) mass is 227 g/mol. The van der Waals surface area contributed by atoms with Crippen molar-refractivity contribution in [2.75, 3.05) is 0 Å². The van der Waals surface area contributed by atoms with Crippen LogP contribution in [0.25, 0.3) is 0 Å². The Balaban J connectivity index is 3.52. The summed E-state index contributed by atoms with van der Waals surface area (Å²) in [5.41, 5.74) is -0.260. The van der Waals surface area contributed by atoms with Crippen molar-refractivity contribution in [2.45, 2.75) is 90.5 Å². The summed E-state index contributed by atoms with van der Waals surface area (Å²) in [5, 5.41) is 3.35. The summed E-state index contributed by atoms with van der Waals surface area (Å²) >= 11 is 0. The zero-order valence-electron chi connectivity index (χ0n) is 11.4. The van der Waals surface area contributed by atoms with Crippen LogP contribution in [0.15, 0.2) is 5.18 Å². The quantitative estimate of drug-likeness (QED) is 0.341. The highest BCUT2D eigenvalue weighted by Gasteiger charge is 2.26. The van der Waals surface area contributed by atoms with Gasteiger partial charge in [0.1, 0.15) is 5.54 Å². The molecule has 0 atom stereocenters. The maximum Gasteiger partial charge on any atom is 0.102 e. The second-order valence-corrected chi connectivity index (χ2v) is 4.89. The van der Waals surface area contributed by atoms with Gasteiger partial charge in [-0.3, -0.25) is 0 Å². The number of nitroso groups, excluding NO2 is 1. The molecule has 0 N–H and O–H groups in total. The Morgan fingerprint density at radius 2 is 1.31 bits per heavy atom. The lowest BCUT2D eigenvalue weighted by atomic mass is 9.88. The summed E-state index contributed by atoms with van der Waals surface area (Å²) in [7, 11) is 0. The van der Waals surface area contributed by atoms with Gasteiger partial charge in [0.15, 0.2) is 0 Å². The molecule has 0 aliphatic heterocycles. The predicted octanol–water partition coefficient (Wildman–Crippen LogP) is 5.45. The summed E-state index contributed by atoms with van der Waals surface area (Å²) in [6, 6.07) is 0. The first-order valence-electron chi connectivity index (χ1n) is 7.09. The van der Waals surface area contributed by atoms with E-state index in [-0.39, 0.29) is 5.54 Å². The van der Waals surface area contributed by atoms with Crippen molar-refractivity contribution in [2.24, 2.45) is 5.18 Å². The molecule has 0 amide bonds. The average molecular weight is 227 g/mol. The molecule has 0 spiro atoms. The highest BCUT2D eigenvalue weighted by Crippen LogP contribution is 2.27. The minimum absolute atomic E-state index is 0.260. The molecule has 0 aromatic heterocycles. The molecule has 0 aromatic rings. The van der Waals surface area contributed by atoms with Crippen molar-refractivity contribution >= 4 is 0 Å². The van der Waals surface area contributed by atoms with Crippen LogP contribution in [-0.4, -0.2) is 5.54 Å². The van der Waals surface area contributed by atoms with Crippen LogP contribution >= 0.6 is 0 Å². The minimum atomic E-state index is -0.260. The van der Waals surface area contributed by atoms with Crippen molar-refractivity contribution in [3.8, 4) is 0 Å². The molecule has 16 heavy (non-hydrogen) atoms. The first-order valence-corrected chi connectivity index (χ1v) is 7.09. The fourth-order valence-electron chi connectivity index (χ4n) is 2.19. The molecule has 0 saturated carbocycles. The smallest absolute Gasteiger partial charge is 0.102 e. The van der Waals surface area contributed by atoms with Crippen LogP contribution in [0.1, 0.15) is 85.0 Å². The van der Waals surface area contributed by atoms with Crippen LogP contribution in [0, 0.1) is 4.91 Å². The normalized spacial score (nSPS) is 11.7. The lowest BCUT2D eigenvalue weighted by Gasteiger charge is -2.22. The van der Waals surface area contributed by atoms with E-state index in [1.165, 1.54) is 44.9 Å². The highest BCUT2D eigenvalue weighted by molar-refractivity contribution is 4.84. The molecule has 0 radical (unpaired) electrons. The van der Waals surface area contributed by atoms with Crippen LogP contribution in [0.3, 0.4) is 0 Å². The van der Waals surface area contributed by atoms with Gasteiger partial charge in [-0.05, 0) is 19.3 Å². The van der Waals surface area contributed by atoms with Gasteiger partial charge in [0.2, 0.25) is 0 Å². The van der Waals surface area contributed by atoms with Gasteiger partial charge in [-0.25, -0.2) is 0 Å². The van der Waals surface area contributed by atoms with Gasteiger partial charge in [0.05, 0.1) is 0 Å². The standard InChI is InChI=1S/C14H29NO/c1-4-7-8-9-10-11-12-13-14(5-2,6-3)15-16/h4-13H2,1-3H3. The van der Waals surface area contributed by atoms with Crippen LogP contribution < -0.4 is 0 Å². The fraction of sp³-hybridized carbons (Fsp3) is 1.00. The maximum atomic E-state index is 10.8. The molecule has 96 valence electrons. The van der Waals surface area contributed by atoms with Crippen LogP contribution in [-0.2, 0) is 0 Å². The number of rotatable bonds is 11. The van der Waals surface area contributed by atoms with Crippen LogP contribution in [0.4, 0.5) is 0 Å². The summed E-state index contributed by atoms with van der Waals surface area (Å²) in [6.45, 7) is 6.39. The number of hydrogen-bond acceptors (Lipinski definition) is 2. The minimum Gasteiger partial charge on any atom is -0.150 e. The van der Waals surface area contributed by atoms with Gasteiger partial charge in [-0.15, -0.1) is 0 Å². The van der Waals surface area contributed by atoms with Gasteiger partial charge >= 0.3 is 0 Å². The SMILES string of the molecule is CCCCCCCCCC(CC)(CC)N=O. The fourth-order valence-corrected chi connectivity index (χ4v) is 2.19. The van der Waals surface area contributed by atoms with E-state index in [0.717, 1.165) is 19.3 Å². The lowest BCUT2D eigenvalue weighted by Crippen LogP contribution is -2.23. The number of unbranched alkanes of at least 4 members (excludes halogenated alkanes) is 6. The highest BCUT2D eigenvalue weighted by atomic mass is 16.3. The molecule has 0 aromatic carbocycles. The molecule has 2 nitrogen and oxygen atoms in total. The third kappa shape index (κ3) is 6.24. The second-order valence-electron chi connectivity index (χ2n) is 4.89. The zero-order chi connectivity index (χ0) is 12.3. The maximum absolute atomic E-state index is 10.8. The molecular weight excluding hydrogens is 198 g/mol. The van der Waals surface area contributed by atoms with Crippen molar-refractivity contribution < 1.29 is 0 Å². The van der Waals surface area contributed by atoms with Crippen molar-refractivity contribution in [1.29, 1.82) is 0 Å². The Morgan fingerprint density at radius 3 is 1.75 bits per heavy atom. The molecular formula is C14H29NO. The molecule has 0 fully saturated rings. The van der Waals surface area contributed by atoms with Gasteiger partial charge < -0.3 is 0 Å². The Kier molecular flexibility index (Phi) is 9.55. The molecule has 0 unspecified atom stereocenters. The van der Waals surface area contributed by atoms with Crippen LogP contribution in [0.2, 0.25) is 0 Å². The molecule has 0 aliphatic rings. The van der Waals surface area contributed by atoms with Crippen molar-refractivity contribution in [3.63, 3.8) is 0 Å². The molecule has 0 saturated heterocycles. The Bertz CT molecular complexity index is 164. The Morgan fingerprint density at radius 1 is 0.812 bits per heavy atom. The van der Waals surface area contributed by atoms with Crippen LogP contribution in [0.5, 0.6) is 0 Å². The third-order valence-electron chi connectivity index (χ3n) is 3.76. The molecule has 0 heterocycles. The molecule has 2 heteroatoms. The van der Waals surface area contributed by atoms with Gasteiger partial charge in [-0.1, -0.05) is 70.9 Å². The molecule has 0 rings (SSSR count). The first-order chi connectivity index (χ1) is 7.74. The van der Waals surface area contributed by atoms with E-state index in [1.807, 2.05) is 0 Å². The number of hydrogen-bond donors (Lipinski definition) is 0. The summed E-state index contributed by atoms with van der Waals surface area (Å²) in [5.74, 6) is 0. The molecule has 0 bridgehead atoms. The molecule has 0 aliphatic carbocycles. The summed E-state index contributed by atoms with van der Waals surface area (Å²) in [4.78, 5) is 10.8. The topological polar surface area (TPSA) is 29.4 Å². The average Bonchev–Trinajstić information content (AvgIpc) is 2.34. The summed E-state index contributed by atoms with van der Waals surface area (Å²) in [6.07, 6.45) is 11.9. The van der Waals surface area contributed by atoms with Crippen molar-refractivity contribution in [3.05, 3.63) is 4.91 Å². The van der Waals surface area contributed by atoms with E-state index < -0.39 is 0 Å². The number of nitrogens with zero attached hydrogens (tertiary/aromatic N) is 1. The second kappa shape index (κ2) is 9.80. The Labute approximate surface area is 101 Å². The van der Waals surface area contributed by atoms with Gasteiger partial charge in [0, 0.05) is 0 Å². The van der Waals surface area contributed by atoms with Crippen molar-refractivity contribution in [1.82, 2.24) is 0 Å². The van der Waals surface area contributed by atoms with Gasteiger partial charge in [0.25, 0.3) is 0 Å². The predicted molar refractivity (Wildman–Crippen MR) is 71.7 cm³/mol. The first kappa shape index (κ1) is 15.6. The van der Waals surface area contributed by atoms with E-state index in [4.69, 9.17) is 0 Å². The Hall–Kier alpha value is -0.400. The van der Waals surface area contributed by atoms with E-state index >= 15 is 0 Å². The van der Waals surface area contributed by atoms with E-state index in [0.29, 0.717) is 0 Å². The zero-order valence-corrected chi connectivity index (χ0v) is 11.4. The van der Waals surface area contributed by atoms with E-state index in [1.54, 1.807) is 0 Å². The van der Waals surface area contributed by atoms with Gasteiger partial charge in [-0.2, -0.15) is 4.91 Å². The third-order valence-corrected chi connectivity index (χ3v) is 3.76.